The van der Waals surface area contributed by atoms with Gasteiger partial charge in [-0.2, -0.15) is 0 Å². The molecule has 1 aromatic heterocycles. The SMILES string of the molecule is Cl.O=C(O)C(Cc1ccc([N+](=O)[O-])cc1)c1c[nH]cn1. The number of carboxylic acid groups (broad SMARTS) is 1. The molecular formula is C12H12ClN3O4. The highest BCUT2D eigenvalue weighted by Gasteiger charge is 2.22. The minimum atomic E-state index is -0.981. The van der Waals surface area contributed by atoms with Crippen LogP contribution in [-0.4, -0.2) is 26.0 Å². The number of aliphatic carboxylic acids is 1. The lowest BCUT2D eigenvalue weighted by Crippen LogP contribution is -2.14. The molecule has 106 valence electrons. The highest BCUT2D eigenvalue weighted by atomic mass is 35.5. The van der Waals surface area contributed by atoms with Crippen LogP contribution >= 0.6 is 12.4 Å². The van der Waals surface area contributed by atoms with E-state index in [0.29, 0.717) is 11.3 Å². The first-order valence-electron chi connectivity index (χ1n) is 5.52. The third-order valence-corrected chi connectivity index (χ3v) is 2.76. The molecule has 0 aliphatic rings. The number of hydrogen-bond acceptors (Lipinski definition) is 4. The van der Waals surface area contributed by atoms with Crippen molar-refractivity contribution >= 4 is 24.1 Å². The molecule has 1 unspecified atom stereocenters. The molecule has 0 amide bonds. The average molecular weight is 298 g/mol. The monoisotopic (exact) mass is 297 g/mol. The van der Waals surface area contributed by atoms with Crippen LogP contribution < -0.4 is 0 Å². The molecule has 0 aliphatic carbocycles. The van der Waals surface area contributed by atoms with E-state index < -0.39 is 16.8 Å². The van der Waals surface area contributed by atoms with Crippen LogP contribution in [0.25, 0.3) is 0 Å². The molecule has 1 heterocycles. The fourth-order valence-electron chi connectivity index (χ4n) is 1.77. The van der Waals surface area contributed by atoms with Crippen molar-refractivity contribution in [3.05, 3.63) is 58.2 Å². The summed E-state index contributed by atoms with van der Waals surface area (Å²) in [5.74, 6) is -1.75. The zero-order chi connectivity index (χ0) is 13.8. The Morgan fingerprint density at radius 1 is 1.40 bits per heavy atom. The van der Waals surface area contributed by atoms with Crippen molar-refractivity contribution in [1.82, 2.24) is 9.97 Å². The van der Waals surface area contributed by atoms with Gasteiger partial charge in [0.25, 0.3) is 5.69 Å². The molecule has 8 heteroatoms. The number of nitro groups is 1. The van der Waals surface area contributed by atoms with E-state index in [0.717, 1.165) is 0 Å². The number of hydrogen-bond donors (Lipinski definition) is 2. The Bertz CT molecular complexity index is 583. The first kappa shape index (κ1) is 15.6. The largest absolute Gasteiger partial charge is 0.481 e. The van der Waals surface area contributed by atoms with Crippen molar-refractivity contribution in [2.24, 2.45) is 0 Å². The van der Waals surface area contributed by atoms with Gasteiger partial charge >= 0.3 is 5.97 Å². The van der Waals surface area contributed by atoms with Crippen molar-refractivity contribution in [3.63, 3.8) is 0 Å². The van der Waals surface area contributed by atoms with Crippen LogP contribution in [0.15, 0.2) is 36.8 Å². The van der Waals surface area contributed by atoms with E-state index >= 15 is 0 Å². The Labute approximate surface area is 120 Å². The van der Waals surface area contributed by atoms with Crippen LogP contribution in [0.2, 0.25) is 0 Å². The first-order valence-corrected chi connectivity index (χ1v) is 5.52. The summed E-state index contributed by atoms with van der Waals surface area (Å²) in [4.78, 5) is 27.9. The maximum atomic E-state index is 11.2. The third-order valence-electron chi connectivity index (χ3n) is 2.76. The summed E-state index contributed by atoms with van der Waals surface area (Å²) < 4.78 is 0. The van der Waals surface area contributed by atoms with Gasteiger partial charge in [0.15, 0.2) is 0 Å². The van der Waals surface area contributed by atoms with Crippen molar-refractivity contribution in [1.29, 1.82) is 0 Å². The number of nitrogens with zero attached hydrogens (tertiary/aromatic N) is 2. The number of H-pyrrole nitrogens is 1. The highest BCUT2D eigenvalue weighted by Crippen LogP contribution is 2.21. The number of halogens is 1. The minimum Gasteiger partial charge on any atom is -0.481 e. The van der Waals surface area contributed by atoms with Gasteiger partial charge < -0.3 is 10.1 Å². The summed E-state index contributed by atoms with van der Waals surface area (Å²) in [6.07, 6.45) is 3.18. The highest BCUT2D eigenvalue weighted by molar-refractivity contribution is 5.85. The summed E-state index contributed by atoms with van der Waals surface area (Å²) in [7, 11) is 0. The fraction of sp³-hybridized carbons (Fsp3) is 0.167. The number of aromatic nitrogens is 2. The molecule has 2 N–H and O–H groups in total. The minimum absolute atomic E-state index is 0. The number of benzene rings is 1. The van der Waals surface area contributed by atoms with Crippen LogP contribution in [0.5, 0.6) is 0 Å². The van der Waals surface area contributed by atoms with Crippen LogP contribution in [0.3, 0.4) is 0 Å². The zero-order valence-electron chi connectivity index (χ0n) is 10.2. The smallest absolute Gasteiger partial charge is 0.312 e. The van der Waals surface area contributed by atoms with E-state index in [1.54, 1.807) is 12.1 Å². The summed E-state index contributed by atoms with van der Waals surface area (Å²) in [5.41, 5.74) is 1.13. The number of carboxylic acids is 1. The van der Waals surface area contributed by atoms with Crippen LogP contribution in [0, 0.1) is 10.1 Å². The number of carbonyl (C=O) groups is 1. The van der Waals surface area contributed by atoms with Gasteiger partial charge in [-0.25, -0.2) is 4.98 Å². The lowest BCUT2D eigenvalue weighted by atomic mass is 9.97. The number of aromatic amines is 1. The molecule has 0 aliphatic heterocycles. The molecule has 0 radical (unpaired) electrons. The van der Waals surface area contributed by atoms with Gasteiger partial charge in [-0.15, -0.1) is 12.4 Å². The van der Waals surface area contributed by atoms with E-state index in [4.69, 9.17) is 0 Å². The predicted molar refractivity (Wildman–Crippen MR) is 73.0 cm³/mol. The topological polar surface area (TPSA) is 109 Å². The standard InChI is InChI=1S/C12H11N3O4.ClH/c16-12(17)10(11-6-13-7-14-11)5-8-1-3-9(4-2-8)15(18)19;/h1-4,6-7,10H,5H2,(H,13,14)(H,16,17);1H. The van der Waals surface area contributed by atoms with Gasteiger partial charge in [0.05, 0.1) is 16.9 Å². The molecule has 2 rings (SSSR count). The Morgan fingerprint density at radius 2 is 2.05 bits per heavy atom. The van der Waals surface area contributed by atoms with E-state index in [9.17, 15) is 20.0 Å². The van der Waals surface area contributed by atoms with E-state index in [2.05, 4.69) is 9.97 Å². The van der Waals surface area contributed by atoms with Gasteiger partial charge in [-0.05, 0) is 12.0 Å². The third kappa shape index (κ3) is 3.55. The number of non-ortho nitro benzene ring substituents is 1. The van der Waals surface area contributed by atoms with E-state index in [-0.39, 0.29) is 24.5 Å². The quantitative estimate of drug-likeness (QED) is 0.649. The van der Waals surface area contributed by atoms with Crippen LogP contribution in [0.1, 0.15) is 17.2 Å². The molecule has 0 spiro atoms. The lowest BCUT2D eigenvalue weighted by Gasteiger charge is -2.09. The van der Waals surface area contributed by atoms with Gasteiger partial charge in [0, 0.05) is 18.3 Å². The molecule has 2 aromatic rings. The molecule has 1 aromatic carbocycles. The maximum absolute atomic E-state index is 11.2. The van der Waals surface area contributed by atoms with Crippen molar-refractivity contribution < 1.29 is 14.8 Å². The second-order valence-corrected chi connectivity index (χ2v) is 4.01. The van der Waals surface area contributed by atoms with Crippen LogP contribution in [0.4, 0.5) is 5.69 Å². The molecule has 0 saturated carbocycles. The number of nitrogens with one attached hydrogen (secondary N) is 1. The summed E-state index contributed by atoms with van der Waals surface area (Å²) in [6, 6.07) is 5.83. The normalized spacial score (nSPS) is 11.4. The molecule has 0 bridgehead atoms. The fourth-order valence-corrected chi connectivity index (χ4v) is 1.77. The lowest BCUT2D eigenvalue weighted by molar-refractivity contribution is -0.384. The summed E-state index contributed by atoms with van der Waals surface area (Å²) >= 11 is 0. The van der Waals surface area contributed by atoms with Crippen molar-refractivity contribution in [3.8, 4) is 0 Å². The average Bonchev–Trinajstić information content (AvgIpc) is 2.89. The molecule has 1 atom stereocenters. The summed E-state index contributed by atoms with van der Waals surface area (Å²) in [5, 5.41) is 19.7. The molecule has 0 saturated heterocycles. The van der Waals surface area contributed by atoms with Crippen molar-refractivity contribution in [2.75, 3.05) is 0 Å². The predicted octanol–water partition coefficient (Wildman–Crippen LogP) is 2.15. The number of rotatable bonds is 5. The van der Waals surface area contributed by atoms with Crippen LogP contribution in [-0.2, 0) is 11.2 Å². The summed E-state index contributed by atoms with van der Waals surface area (Å²) in [6.45, 7) is 0. The Morgan fingerprint density at radius 3 is 2.50 bits per heavy atom. The number of imidazole rings is 1. The second-order valence-electron chi connectivity index (χ2n) is 4.01. The van der Waals surface area contributed by atoms with Gasteiger partial charge in [-0.3, -0.25) is 14.9 Å². The van der Waals surface area contributed by atoms with Gasteiger partial charge in [0.1, 0.15) is 5.92 Å². The van der Waals surface area contributed by atoms with Gasteiger partial charge in [-0.1, -0.05) is 12.1 Å². The number of nitro benzene ring substituents is 1. The van der Waals surface area contributed by atoms with E-state index in [1.165, 1.54) is 24.7 Å². The molecule has 20 heavy (non-hydrogen) atoms. The maximum Gasteiger partial charge on any atom is 0.312 e. The Balaban J connectivity index is 0.00000200. The zero-order valence-corrected chi connectivity index (χ0v) is 11.0. The van der Waals surface area contributed by atoms with E-state index in [1.807, 2.05) is 0 Å². The molecular weight excluding hydrogens is 286 g/mol. The Hall–Kier alpha value is -2.41. The second kappa shape index (κ2) is 6.67. The first-order chi connectivity index (χ1) is 9.08. The molecule has 7 nitrogen and oxygen atoms in total. The Kier molecular flexibility index (Phi) is 5.22. The van der Waals surface area contributed by atoms with Crippen molar-refractivity contribution in [2.45, 2.75) is 12.3 Å². The molecule has 0 fully saturated rings. The van der Waals surface area contributed by atoms with Gasteiger partial charge in [0.2, 0.25) is 0 Å².